The molecule has 5 nitrogen and oxygen atoms in total. The molecule has 2 N–H and O–H groups in total. The van der Waals surface area contributed by atoms with Gasteiger partial charge in [0.15, 0.2) is 0 Å². The Labute approximate surface area is 107 Å². The minimum atomic E-state index is -0.245. The van der Waals surface area contributed by atoms with Crippen molar-refractivity contribution in [1.82, 2.24) is 5.43 Å². The van der Waals surface area contributed by atoms with Crippen molar-refractivity contribution in [2.45, 2.75) is 20.8 Å². The number of phenolic OH excluding ortho intramolecular Hbond substituents is 1. The van der Waals surface area contributed by atoms with Gasteiger partial charge in [0, 0.05) is 37.3 Å². The third-order valence-corrected chi connectivity index (χ3v) is 2.57. The first-order chi connectivity index (χ1) is 8.58. The fourth-order valence-corrected chi connectivity index (χ4v) is 1.62. The van der Waals surface area contributed by atoms with E-state index in [1.807, 2.05) is 6.07 Å². The molecule has 0 bridgehead atoms. The number of hydrogen-bond acceptors (Lipinski definition) is 4. The second kappa shape index (κ2) is 6.64. The van der Waals surface area contributed by atoms with Crippen molar-refractivity contribution in [3.8, 4) is 5.75 Å². The Bertz CT molecular complexity index is 440. The molecule has 0 aliphatic carbocycles. The van der Waals surface area contributed by atoms with E-state index in [-0.39, 0.29) is 11.7 Å². The summed E-state index contributed by atoms with van der Waals surface area (Å²) < 4.78 is 0. The highest BCUT2D eigenvalue weighted by atomic mass is 16.3. The van der Waals surface area contributed by atoms with Gasteiger partial charge in [-0.1, -0.05) is 0 Å². The molecule has 0 aliphatic rings. The molecule has 18 heavy (non-hydrogen) atoms. The van der Waals surface area contributed by atoms with Gasteiger partial charge in [-0.25, -0.2) is 5.43 Å². The van der Waals surface area contributed by atoms with Gasteiger partial charge in [0.2, 0.25) is 5.91 Å². The van der Waals surface area contributed by atoms with Crippen LogP contribution in [0.5, 0.6) is 5.75 Å². The number of anilines is 1. The van der Waals surface area contributed by atoms with Gasteiger partial charge in [0.1, 0.15) is 5.75 Å². The van der Waals surface area contributed by atoms with Gasteiger partial charge in [-0.15, -0.1) is 0 Å². The highest BCUT2D eigenvalue weighted by Crippen LogP contribution is 2.23. The average Bonchev–Trinajstić information content (AvgIpc) is 2.33. The molecule has 0 saturated carbocycles. The minimum absolute atomic E-state index is 0.147. The van der Waals surface area contributed by atoms with Crippen LogP contribution < -0.4 is 10.3 Å². The molecule has 0 saturated heterocycles. The van der Waals surface area contributed by atoms with E-state index in [4.69, 9.17) is 0 Å². The zero-order chi connectivity index (χ0) is 13.5. The maximum Gasteiger partial charge on any atom is 0.236 e. The largest absolute Gasteiger partial charge is 0.507 e. The van der Waals surface area contributed by atoms with Gasteiger partial charge in [0.25, 0.3) is 0 Å². The number of phenols is 1. The second-order valence-electron chi connectivity index (χ2n) is 3.84. The molecule has 0 radical (unpaired) electrons. The Hall–Kier alpha value is -2.04. The van der Waals surface area contributed by atoms with Crippen LogP contribution in [0.4, 0.5) is 5.69 Å². The fraction of sp³-hybridized carbons (Fsp3) is 0.385. The summed E-state index contributed by atoms with van der Waals surface area (Å²) in [5, 5.41) is 13.6. The van der Waals surface area contributed by atoms with Crippen molar-refractivity contribution in [2.75, 3.05) is 18.0 Å². The summed E-state index contributed by atoms with van der Waals surface area (Å²) in [5.74, 6) is -0.0981. The number of carbonyl (C=O) groups excluding carboxylic acids is 1. The van der Waals surface area contributed by atoms with Gasteiger partial charge < -0.3 is 10.0 Å². The summed E-state index contributed by atoms with van der Waals surface area (Å²) in [6, 6.07) is 5.39. The Morgan fingerprint density at radius 3 is 2.61 bits per heavy atom. The molecule has 1 aromatic rings. The zero-order valence-electron chi connectivity index (χ0n) is 11.0. The number of hydrogen-bond donors (Lipinski definition) is 2. The maximum absolute atomic E-state index is 10.6. The lowest BCUT2D eigenvalue weighted by Gasteiger charge is -2.21. The minimum Gasteiger partial charge on any atom is -0.507 e. The number of rotatable bonds is 5. The first kappa shape index (κ1) is 14.0. The highest BCUT2D eigenvalue weighted by molar-refractivity contribution is 5.85. The molecule has 1 rings (SSSR count). The molecule has 98 valence electrons. The third-order valence-electron chi connectivity index (χ3n) is 2.57. The van der Waals surface area contributed by atoms with Gasteiger partial charge in [0.05, 0.1) is 6.21 Å². The molecule has 0 fully saturated rings. The molecule has 0 atom stereocenters. The van der Waals surface area contributed by atoms with Crippen molar-refractivity contribution in [1.29, 1.82) is 0 Å². The molecule has 0 aliphatic heterocycles. The summed E-state index contributed by atoms with van der Waals surface area (Å²) in [7, 11) is 0. The summed E-state index contributed by atoms with van der Waals surface area (Å²) >= 11 is 0. The van der Waals surface area contributed by atoms with E-state index in [9.17, 15) is 9.90 Å². The lowest BCUT2D eigenvalue weighted by atomic mass is 10.2. The Morgan fingerprint density at radius 2 is 2.11 bits per heavy atom. The van der Waals surface area contributed by atoms with Crippen LogP contribution in [0.25, 0.3) is 0 Å². The highest BCUT2D eigenvalue weighted by Gasteiger charge is 2.05. The number of carbonyl (C=O) groups is 1. The molecule has 0 aromatic heterocycles. The lowest BCUT2D eigenvalue weighted by molar-refractivity contribution is -0.118. The van der Waals surface area contributed by atoms with Crippen LogP contribution in [-0.2, 0) is 4.79 Å². The molecule has 1 aromatic carbocycles. The Balaban J connectivity index is 2.85. The number of nitrogens with zero attached hydrogens (tertiary/aromatic N) is 2. The van der Waals surface area contributed by atoms with E-state index in [1.54, 1.807) is 12.1 Å². The third kappa shape index (κ3) is 3.76. The predicted molar refractivity (Wildman–Crippen MR) is 73.1 cm³/mol. The van der Waals surface area contributed by atoms with Gasteiger partial charge in [-0.05, 0) is 26.0 Å². The molecule has 0 heterocycles. The van der Waals surface area contributed by atoms with E-state index in [0.717, 1.165) is 18.8 Å². The van der Waals surface area contributed by atoms with E-state index in [1.165, 1.54) is 13.1 Å². The summed E-state index contributed by atoms with van der Waals surface area (Å²) in [6.07, 6.45) is 1.42. The van der Waals surface area contributed by atoms with Crippen LogP contribution in [0.2, 0.25) is 0 Å². The normalized spacial score (nSPS) is 10.6. The quantitative estimate of drug-likeness (QED) is 0.616. The van der Waals surface area contributed by atoms with Crippen molar-refractivity contribution >= 4 is 17.8 Å². The van der Waals surface area contributed by atoms with Crippen LogP contribution >= 0.6 is 0 Å². The topological polar surface area (TPSA) is 64.9 Å². The monoisotopic (exact) mass is 249 g/mol. The van der Waals surface area contributed by atoms with Crippen LogP contribution in [0.15, 0.2) is 23.3 Å². The number of amides is 1. The first-order valence-corrected chi connectivity index (χ1v) is 5.96. The van der Waals surface area contributed by atoms with Gasteiger partial charge in [-0.2, -0.15) is 5.10 Å². The number of hydrazone groups is 1. The molecular weight excluding hydrogens is 230 g/mol. The smallest absolute Gasteiger partial charge is 0.236 e. The maximum atomic E-state index is 10.6. The zero-order valence-corrected chi connectivity index (χ0v) is 11.0. The summed E-state index contributed by atoms with van der Waals surface area (Å²) in [4.78, 5) is 12.8. The second-order valence-corrected chi connectivity index (χ2v) is 3.84. The van der Waals surface area contributed by atoms with E-state index < -0.39 is 0 Å². The SMILES string of the molecule is CCN(CC)c1ccc(/C=N/NC(C)=O)c(O)c1. The van der Waals surface area contributed by atoms with Crippen LogP contribution in [-0.4, -0.2) is 30.3 Å². The average molecular weight is 249 g/mol. The lowest BCUT2D eigenvalue weighted by Crippen LogP contribution is -2.21. The summed E-state index contributed by atoms with van der Waals surface area (Å²) in [5.41, 5.74) is 3.83. The first-order valence-electron chi connectivity index (χ1n) is 5.96. The Morgan fingerprint density at radius 1 is 1.44 bits per heavy atom. The molecule has 5 heteroatoms. The van der Waals surface area contributed by atoms with Crippen LogP contribution in [0.1, 0.15) is 26.3 Å². The van der Waals surface area contributed by atoms with Crippen LogP contribution in [0.3, 0.4) is 0 Å². The predicted octanol–water partition coefficient (Wildman–Crippen LogP) is 1.71. The number of benzene rings is 1. The van der Waals surface area contributed by atoms with Gasteiger partial charge in [-0.3, -0.25) is 4.79 Å². The fourth-order valence-electron chi connectivity index (χ4n) is 1.62. The molecule has 1 amide bonds. The van der Waals surface area contributed by atoms with E-state index >= 15 is 0 Å². The number of aromatic hydroxyl groups is 1. The molecule has 0 spiro atoms. The summed E-state index contributed by atoms with van der Waals surface area (Å²) in [6.45, 7) is 7.27. The number of nitrogens with one attached hydrogen (secondary N) is 1. The molecular formula is C13H19N3O2. The van der Waals surface area contributed by atoms with Crippen LogP contribution in [0, 0.1) is 0 Å². The van der Waals surface area contributed by atoms with Crippen molar-refractivity contribution < 1.29 is 9.90 Å². The molecule has 0 unspecified atom stereocenters. The Kier molecular flexibility index (Phi) is 5.17. The van der Waals surface area contributed by atoms with Crippen molar-refractivity contribution in [3.05, 3.63) is 23.8 Å². The van der Waals surface area contributed by atoms with Crippen molar-refractivity contribution in [3.63, 3.8) is 0 Å². The standard InChI is InChI=1S/C13H19N3O2/c1-4-16(5-2)12-7-6-11(13(18)8-12)9-14-15-10(3)17/h6-9,18H,4-5H2,1-3H3,(H,15,17)/b14-9+. The van der Waals surface area contributed by atoms with Crippen molar-refractivity contribution in [2.24, 2.45) is 5.10 Å². The van der Waals surface area contributed by atoms with E-state index in [2.05, 4.69) is 29.3 Å². The van der Waals surface area contributed by atoms with Gasteiger partial charge >= 0.3 is 0 Å². The van der Waals surface area contributed by atoms with E-state index in [0.29, 0.717) is 5.56 Å².